The largest absolute Gasteiger partial charge is 0.310 e. The molecule has 0 saturated carbocycles. The van der Waals surface area contributed by atoms with Gasteiger partial charge in [0.25, 0.3) is 0 Å². The minimum Gasteiger partial charge on any atom is -0.310 e. The van der Waals surface area contributed by atoms with Crippen molar-refractivity contribution < 1.29 is 4.79 Å². The minimum atomic E-state index is -0.0565. The van der Waals surface area contributed by atoms with Crippen molar-refractivity contribution in [2.75, 3.05) is 5.32 Å². The van der Waals surface area contributed by atoms with Gasteiger partial charge in [0, 0.05) is 5.39 Å². The fraction of sp³-hybridized carbons (Fsp3) is 0.0588. The summed E-state index contributed by atoms with van der Waals surface area (Å²) in [7, 11) is 0. The topological polar surface area (TPSA) is 42.0 Å². The van der Waals surface area contributed by atoms with Crippen LogP contribution in [0.25, 0.3) is 10.9 Å². The second-order valence-electron chi connectivity index (χ2n) is 4.60. The summed E-state index contributed by atoms with van der Waals surface area (Å²) in [4.78, 5) is 16.4. The first-order valence-electron chi connectivity index (χ1n) is 6.51. The molecule has 0 radical (unpaired) electrons. The zero-order chi connectivity index (χ0) is 13.8. The number of pyridine rings is 1. The molecule has 0 aliphatic carbocycles. The molecule has 1 aromatic heterocycles. The SMILES string of the molecule is O=C(Cc1ccccc1)Nc1ccc2ccccc2n1. The number of amides is 1. The molecule has 3 aromatic rings. The minimum absolute atomic E-state index is 0.0565. The van der Waals surface area contributed by atoms with Crippen molar-refractivity contribution in [3.63, 3.8) is 0 Å². The van der Waals surface area contributed by atoms with Crippen LogP contribution in [-0.2, 0) is 11.2 Å². The third kappa shape index (κ3) is 2.83. The van der Waals surface area contributed by atoms with E-state index in [9.17, 15) is 4.79 Å². The zero-order valence-electron chi connectivity index (χ0n) is 10.9. The highest BCUT2D eigenvalue weighted by atomic mass is 16.1. The van der Waals surface area contributed by atoms with E-state index in [1.54, 1.807) is 0 Å². The molecule has 0 saturated heterocycles. The van der Waals surface area contributed by atoms with Gasteiger partial charge in [-0.1, -0.05) is 48.5 Å². The molecule has 98 valence electrons. The summed E-state index contributed by atoms with van der Waals surface area (Å²) in [5, 5.41) is 3.90. The third-order valence-corrected chi connectivity index (χ3v) is 3.07. The lowest BCUT2D eigenvalue weighted by Crippen LogP contribution is -2.15. The van der Waals surface area contributed by atoms with Crippen LogP contribution in [0.15, 0.2) is 66.7 Å². The number of rotatable bonds is 3. The van der Waals surface area contributed by atoms with E-state index in [2.05, 4.69) is 10.3 Å². The van der Waals surface area contributed by atoms with Gasteiger partial charge in [-0.15, -0.1) is 0 Å². The molecule has 3 heteroatoms. The van der Waals surface area contributed by atoms with E-state index in [0.717, 1.165) is 16.5 Å². The number of nitrogens with one attached hydrogen (secondary N) is 1. The van der Waals surface area contributed by atoms with Gasteiger partial charge >= 0.3 is 0 Å². The van der Waals surface area contributed by atoms with Crippen LogP contribution < -0.4 is 5.32 Å². The van der Waals surface area contributed by atoms with E-state index in [1.165, 1.54) is 0 Å². The van der Waals surface area contributed by atoms with E-state index < -0.39 is 0 Å². The average Bonchev–Trinajstić information content (AvgIpc) is 2.48. The number of nitrogens with zero attached hydrogens (tertiary/aromatic N) is 1. The van der Waals surface area contributed by atoms with Gasteiger partial charge < -0.3 is 5.32 Å². The van der Waals surface area contributed by atoms with Crippen LogP contribution in [-0.4, -0.2) is 10.9 Å². The molecule has 1 heterocycles. The number of carbonyl (C=O) groups is 1. The molecule has 20 heavy (non-hydrogen) atoms. The molecular formula is C17H14N2O. The number of carbonyl (C=O) groups excluding carboxylic acids is 1. The number of hydrogen-bond acceptors (Lipinski definition) is 2. The summed E-state index contributed by atoms with van der Waals surface area (Å²) in [6.07, 6.45) is 0.356. The molecule has 0 aliphatic rings. The van der Waals surface area contributed by atoms with E-state index in [1.807, 2.05) is 66.7 Å². The predicted molar refractivity (Wildman–Crippen MR) is 80.5 cm³/mol. The van der Waals surface area contributed by atoms with Gasteiger partial charge in [0.05, 0.1) is 11.9 Å². The van der Waals surface area contributed by atoms with Crippen molar-refractivity contribution in [1.29, 1.82) is 0 Å². The molecule has 2 aromatic carbocycles. The van der Waals surface area contributed by atoms with Crippen molar-refractivity contribution in [3.8, 4) is 0 Å². The molecule has 0 spiro atoms. The highest BCUT2D eigenvalue weighted by Gasteiger charge is 2.05. The fourth-order valence-corrected chi connectivity index (χ4v) is 2.10. The quantitative estimate of drug-likeness (QED) is 0.786. The van der Waals surface area contributed by atoms with E-state index in [4.69, 9.17) is 0 Å². The first-order valence-corrected chi connectivity index (χ1v) is 6.51. The maximum atomic E-state index is 12.0. The van der Waals surface area contributed by atoms with Crippen LogP contribution in [0.2, 0.25) is 0 Å². The van der Waals surface area contributed by atoms with Crippen LogP contribution in [0, 0.1) is 0 Å². The van der Waals surface area contributed by atoms with Crippen molar-refractivity contribution in [3.05, 3.63) is 72.3 Å². The molecular weight excluding hydrogens is 248 g/mol. The number of hydrogen-bond donors (Lipinski definition) is 1. The Morgan fingerprint density at radius 1 is 0.900 bits per heavy atom. The van der Waals surface area contributed by atoms with Gasteiger partial charge in [-0.3, -0.25) is 4.79 Å². The molecule has 0 aliphatic heterocycles. The summed E-state index contributed by atoms with van der Waals surface area (Å²) in [6, 6.07) is 21.3. The lowest BCUT2D eigenvalue weighted by Gasteiger charge is -2.05. The number of benzene rings is 2. The maximum Gasteiger partial charge on any atom is 0.229 e. The molecule has 0 atom stereocenters. The van der Waals surface area contributed by atoms with Gasteiger partial charge in [-0.05, 0) is 23.8 Å². The Morgan fingerprint density at radius 2 is 1.65 bits per heavy atom. The molecule has 3 rings (SSSR count). The monoisotopic (exact) mass is 262 g/mol. The Bertz CT molecular complexity index is 738. The van der Waals surface area contributed by atoms with Gasteiger partial charge in [0.2, 0.25) is 5.91 Å². The summed E-state index contributed by atoms with van der Waals surface area (Å²) >= 11 is 0. The Hall–Kier alpha value is -2.68. The second kappa shape index (κ2) is 5.53. The van der Waals surface area contributed by atoms with Gasteiger partial charge in [-0.2, -0.15) is 0 Å². The lowest BCUT2D eigenvalue weighted by molar-refractivity contribution is -0.115. The standard InChI is InChI=1S/C17H14N2O/c20-17(12-13-6-2-1-3-7-13)19-16-11-10-14-8-4-5-9-15(14)18-16/h1-11H,12H2,(H,18,19,20). The van der Waals surface area contributed by atoms with Crippen molar-refractivity contribution in [2.45, 2.75) is 6.42 Å². The summed E-state index contributed by atoms with van der Waals surface area (Å²) in [5.74, 6) is 0.531. The Balaban J connectivity index is 1.74. The van der Waals surface area contributed by atoms with Crippen LogP contribution in [0.5, 0.6) is 0 Å². The first kappa shape index (κ1) is 12.4. The van der Waals surface area contributed by atoms with Crippen LogP contribution in [0.3, 0.4) is 0 Å². The van der Waals surface area contributed by atoms with E-state index >= 15 is 0 Å². The maximum absolute atomic E-state index is 12.0. The average molecular weight is 262 g/mol. The highest BCUT2D eigenvalue weighted by Crippen LogP contribution is 2.14. The zero-order valence-corrected chi connectivity index (χ0v) is 10.9. The third-order valence-electron chi connectivity index (χ3n) is 3.07. The van der Waals surface area contributed by atoms with Crippen molar-refractivity contribution >= 4 is 22.6 Å². The number of aromatic nitrogens is 1. The molecule has 3 nitrogen and oxygen atoms in total. The number of fused-ring (bicyclic) bond motifs is 1. The molecule has 0 bridgehead atoms. The molecule has 1 N–H and O–H groups in total. The van der Waals surface area contributed by atoms with Gasteiger partial charge in [0.15, 0.2) is 0 Å². The van der Waals surface area contributed by atoms with Crippen LogP contribution in [0.4, 0.5) is 5.82 Å². The molecule has 0 unspecified atom stereocenters. The second-order valence-corrected chi connectivity index (χ2v) is 4.60. The van der Waals surface area contributed by atoms with E-state index in [0.29, 0.717) is 12.2 Å². The fourth-order valence-electron chi connectivity index (χ4n) is 2.10. The Kier molecular flexibility index (Phi) is 3.42. The highest BCUT2D eigenvalue weighted by molar-refractivity contribution is 5.92. The van der Waals surface area contributed by atoms with Crippen LogP contribution in [0.1, 0.15) is 5.56 Å². The van der Waals surface area contributed by atoms with E-state index in [-0.39, 0.29) is 5.91 Å². The smallest absolute Gasteiger partial charge is 0.229 e. The van der Waals surface area contributed by atoms with Gasteiger partial charge in [0.1, 0.15) is 5.82 Å². The number of para-hydroxylation sites is 1. The Morgan fingerprint density at radius 3 is 2.50 bits per heavy atom. The summed E-state index contributed by atoms with van der Waals surface area (Å²) in [6.45, 7) is 0. The molecule has 0 fully saturated rings. The predicted octanol–water partition coefficient (Wildman–Crippen LogP) is 3.42. The first-order chi connectivity index (χ1) is 9.81. The van der Waals surface area contributed by atoms with Crippen molar-refractivity contribution in [2.24, 2.45) is 0 Å². The van der Waals surface area contributed by atoms with Crippen LogP contribution >= 0.6 is 0 Å². The summed E-state index contributed by atoms with van der Waals surface area (Å²) < 4.78 is 0. The lowest BCUT2D eigenvalue weighted by atomic mass is 10.1. The Labute approximate surface area is 117 Å². The number of anilines is 1. The summed E-state index contributed by atoms with van der Waals surface area (Å²) in [5.41, 5.74) is 1.87. The normalized spacial score (nSPS) is 10.4. The van der Waals surface area contributed by atoms with Gasteiger partial charge in [-0.25, -0.2) is 4.98 Å². The van der Waals surface area contributed by atoms with Crippen molar-refractivity contribution in [1.82, 2.24) is 4.98 Å². The molecule has 1 amide bonds.